The zero-order valence-electron chi connectivity index (χ0n) is 19.9. The minimum atomic E-state index is -4.04. The van der Waals surface area contributed by atoms with E-state index >= 15 is 8.78 Å². The first-order valence-electron chi connectivity index (χ1n) is 12.0. The van der Waals surface area contributed by atoms with Gasteiger partial charge >= 0.3 is 5.92 Å². The van der Waals surface area contributed by atoms with Crippen molar-refractivity contribution in [2.24, 2.45) is 18.9 Å². The molecule has 2 amide bonds. The van der Waals surface area contributed by atoms with Crippen molar-refractivity contribution >= 4 is 29.1 Å². The van der Waals surface area contributed by atoms with Crippen LogP contribution in [0.5, 0.6) is 0 Å². The van der Waals surface area contributed by atoms with E-state index in [-0.39, 0.29) is 41.3 Å². The number of hydrogen-bond donors (Lipinski definition) is 3. The normalized spacial score (nSPS) is 27.9. The van der Waals surface area contributed by atoms with Gasteiger partial charge in [-0.2, -0.15) is 14.0 Å². The Kier molecular flexibility index (Phi) is 6.03. The van der Waals surface area contributed by atoms with Crippen molar-refractivity contribution in [1.29, 1.82) is 5.26 Å². The van der Waals surface area contributed by atoms with E-state index in [2.05, 4.69) is 15.6 Å². The Bertz CT molecular complexity index is 1310. The highest BCUT2D eigenvalue weighted by Crippen LogP contribution is 2.57. The molecule has 0 aliphatic heterocycles. The van der Waals surface area contributed by atoms with Gasteiger partial charge in [-0.1, -0.05) is 11.6 Å². The van der Waals surface area contributed by atoms with Crippen LogP contribution in [0, 0.1) is 29.0 Å². The highest BCUT2D eigenvalue weighted by Gasteiger charge is 2.65. The molecule has 8 nitrogen and oxygen atoms in total. The molecular weight excluding hydrogens is 511 g/mol. The fourth-order valence-corrected chi connectivity index (χ4v) is 6.01. The number of benzene rings is 1. The number of hydrogen-bond acceptors (Lipinski definition) is 5. The molecule has 2 aromatic rings. The molecule has 3 aliphatic rings. The maximum absolute atomic E-state index is 15.1. The minimum absolute atomic E-state index is 0.135. The number of alkyl halides is 2. The van der Waals surface area contributed by atoms with E-state index in [1.807, 2.05) is 6.07 Å². The van der Waals surface area contributed by atoms with Gasteiger partial charge in [0.1, 0.15) is 22.7 Å². The van der Waals surface area contributed by atoms with Crippen LogP contribution in [0.2, 0.25) is 5.02 Å². The van der Waals surface area contributed by atoms with Crippen molar-refractivity contribution in [1.82, 2.24) is 14.9 Å². The molecule has 0 bridgehead atoms. The second-order valence-electron chi connectivity index (χ2n) is 10.5. The third-order valence-electron chi connectivity index (χ3n) is 7.97. The Morgan fingerprint density at radius 2 is 1.92 bits per heavy atom. The van der Waals surface area contributed by atoms with Crippen molar-refractivity contribution < 1.29 is 27.9 Å². The van der Waals surface area contributed by atoms with Crippen LogP contribution in [0.4, 0.5) is 18.9 Å². The molecule has 3 fully saturated rings. The van der Waals surface area contributed by atoms with E-state index in [9.17, 15) is 19.1 Å². The van der Waals surface area contributed by atoms with Crippen molar-refractivity contribution in [2.45, 2.75) is 61.5 Å². The number of nitrogens with zero attached hydrogens (tertiary/aromatic N) is 3. The number of nitrogens with one attached hydrogen (secondary N) is 2. The Morgan fingerprint density at radius 3 is 2.49 bits per heavy atom. The summed E-state index contributed by atoms with van der Waals surface area (Å²) in [6.07, 6.45) is 2.43. The van der Waals surface area contributed by atoms with Crippen molar-refractivity contribution in [2.75, 3.05) is 5.32 Å². The molecule has 1 aromatic carbocycles. The number of halogens is 4. The molecule has 1 heterocycles. The summed E-state index contributed by atoms with van der Waals surface area (Å²) in [4.78, 5) is 29.8. The average Bonchev–Trinajstić information content (AvgIpc) is 3.15. The summed E-state index contributed by atoms with van der Waals surface area (Å²) in [5, 5.41) is 24.7. The highest BCUT2D eigenvalue weighted by molar-refractivity contribution is 6.31. The van der Waals surface area contributed by atoms with Gasteiger partial charge in [0.05, 0.1) is 23.1 Å². The van der Waals surface area contributed by atoms with E-state index in [1.54, 1.807) is 11.6 Å². The monoisotopic (exact) mass is 535 g/mol. The van der Waals surface area contributed by atoms with Crippen LogP contribution in [0.1, 0.15) is 60.6 Å². The standard InChI is InChI=1S/C25H25ClF3N5O3/c1-34-12-31-19(20(34)21(35)32-16-2-3-18(27)17(26)8-16)13-6-14-9-24(37,10-15(14)7-13)25(28,29)22(36)33-23(11-30)4-5-23/h2-3,8,12-15,37H,4-7,9-10H2,1H3,(H,32,35)(H,33,36). The molecule has 0 spiro atoms. The topological polar surface area (TPSA) is 120 Å². The molecule has 2 unspecified atom stereocenters. The molecule has 3 N–H and O–H groups in total. The molecule has 2 atom stereocenters. The van der Waals surface area contributed by atoms with E-state index < -0.39 is 34.7 Å². The summed E-state index contributed by atoms with van der Waals surface area (Å²) in [7, 11) is 1.66. The third-order valence-corrected chi connectivity index (χ3v) is 8.26. The number of aryl methyl sites for hydroxylation is 1. The molecule has 3 saturated carbocycles. The van der Waals surface area contributed by atoms with Gasteiger partial charge in [0, 0.05) is 18.7 Å². The summed E-state index contributed by atoms with van der Waals surface area (Å²) in [5.74, 6) is -7.50. The van der Waals surface area contributed by atoms with Gasteiger partial charge in [-0.15, -0.1) is 0 Å². The Labute approximate surface area is 215 Å². The Morgan fingerprint density at radius 1 is 1.27 bits per heavy atom. The summed E-state index contributed by atoms with van der Waals surface area (Å²) < 4.78 is 45.2. The molecule has 12 heteroatoms. The fourth-order valence-electron chi connectivity index (χ4n) is 5.83. The smallest absolute Gasteiger partial charge is 0.352 e. The molecule has 0 saturated heterocycles. The van der Waals surface area contributed by atoms with Gasteiger partial charge < -0.3 is 20.3 Å². The first-order chi connectivity index (χ1) is 17.4. The van der Waals surface area contributed by atoms with Crippen molar-refractivity contribution in [3.05, 3.63) is 46.8 Å². The summed E-state index contributed by atoms with van der Waals surface area (Å²) in [6.45, 7) is 0. The second-order valence-corrected chi connectivity index (χ2v) is 10.9. The zero-order chi connectivity index (χ0) is 26.8. The lowest BCUT2D eigenvalue weighted by Crippen LogP contribution is -2.58. The van der Waals surface area contributed by atoms with Crippen LogP contribution in [0.3, 0.4) is 0 Å². The van der Waals surface area contributed by atoms with Crippen LogP contribution in [-0.2, 0) is 11.8 Å². The number of amides is 2. The lowest BCUT2D eigenvalue weighted by molar-refractivity contribution is -0.193. The molecular formula is C25H25ClF3N5O3. The Balaban J connectivity index is 1.28. The van der Waals surface area contributed by atoms with Crippen LogP contribution < -0.4 is 10.6 Å². The predicted octanol–water partition coefficient (Wildman–Crippen LogP) is 3.91. The quantitative estimate of drug-likeness (QED) is 0.518. The van der Waals surface area contributed by atoms with Gasteiger partial charge in [-0.05, 0) is 68.6 Å². The molecule has 3 aliphatic carbocycles. The number of carbonyl (C=O) groups excluding carboxylic acids is 2. The second kappa shape index (κ2) is 8.74. The van der Waals surface area contributed by atoms with Crippen LogP contribution in [-0.4, -0.2) is 43.5 Å². The van der Waals surface area contributed by atoms with Crippen LogP contribution in [0.15, 0.2) is 24.5 Å². The van der Waals surface area contributed by atoms with E-state index in [4.69, 9.17) is 16.9 Å². The van der Waals surface area contributed by atoms with Crippen LogP contribution >= 0.6 is 11.6 Å². The number of carbonyl (C=O) groups is 2. The zero-order valence-corrected chi connectivity index (χ0v) is 20.7. The first kappa shape index (κ1) is 25.5. The van der Waals surface area contributed by atoms with Crippen molar-refractivity contribution in [3.63, 3.8) is 0 Å². The van der Waals surface area contributed by atoms with E-state index in [0.717, 1.165) is 6.07 Å². The molecule has 196 valence electrons. The number of fused-ring (bicyclic) bond motifs is 1. The van der Waals surface area contributed by atoms with Gasteiger partial charge in [0.2, 0.25) is 0 Å². The SMILES string of the molecule is Cn1cnc(C2CC3CC(O)(C(F)(F)C(=O)NC4(C#N)CC4)CC3C2)c1C(=O)Nc1ccc(F)c(Cl)c1. The van der Waals surface area contributed by atoms with Gasteiger partial charge in [0.15, 0.2) is 0 Å². The number of anilines is 1. The minimum Gasteiger partial charge on any atom is -0.383 e. The fraction of sp³-hybridized carbons (Fsp3) is 0.520. The number of rotatable bonds is 6. The average molecular weight is 536 g/mol. The van der Waals surface area contributed by atoms with Gasteiger partial charge in [-0.3, -0.25) is 9.59 Å². The molecule has 37 heavy (non-hydrogen) atoms. The molecule has 5 rings (SSSR count). The molecule has 0 radical (unpaired) electrons. The van der Waals surface area contributed by atoms with Crippen LogP contribution in [0.25, 0.3) is 0 Å². The Hall–Kier alpha value is -3.10. The van der Waals surface area contributed by atoms with Gasteiger partial charge in [-0.25, -0.2) is 9.37 Å². The summed E-state index contributed by atoms with van der Waals surface area (Å²) in [6, 6.07) is 5.67. The first-order valence-corrected chi connectivity index (χ1v) is 12.4. The number of aliphatic hydroxyl groups is 1. The highest BCUT2D eigenvalue weighted by atomic mass is 35.5. The lowest BCUT2D eigenvalue weighted by Gasteiger charge is -2.33. The summed E-state index contributed by atoms with van der Waals surface area (Å²) in [5.41, 5.74) is -2.65. The van der Waals surface area contributed by atoms with Gasteiger partial charge in [0.25, 0.3) is 11.8 Å². The van der Waals surface area contributed by atoms with Crippen molar-refractivity contribution in [3.8, 4) is 6.07 Å². The maximum Gasteiger partial charge on any atom is 0.352 e. The number of imidazole rings is 1. The number of aromatic nitrogens is 2. The maximum atomic E-state index is 15.1. The number of nitriles is 1. The van der Waals surface area contributed by atoms with E-state index in [1.165, 1.54) is 18.5 Å². The largest absolute Gasteiger partial charge is 0.383 e. The predicted molar refractivity (Wildman–Crippen MR) is 126 cm³/mol. The lowest BCUT2D eigenvalue weighted by atomic mass is 9.87. The van der Waals surface area contributed by atoms with E-state index in [0.29, 0.717) is 37.1 Å². The summed E-state index contributed by atoms with van der Waals surface area (Å²) >= 11 is 5.80. The third kappa shape index (κ3) is 4.36. The molecule has 1 aromatic heterocycles.